The van der Waals surface area contributed by atoms with Gasteiger partial charge in [0.05, 0.1) is 66.7 Å². The van der Waals surface area contributed by atoms with Gasteiger partial charge in [0.15, 0.2) is 24.7 Å². The van der Waals surface area contributed by atoms with Gasteiger partial charge in [-0.15, -0.1) is 0 Å². The maximum Gasteiger partial charge on any atom is 0.308 e. The van der Waals surface area contributed by atoms with E-state index in [1.807, 2.05) is 13.0 Å². The summed E-state index contributed by atoms with van der Waals surface area (Å²) in [5, 5.41) is 67.5. The standard InChI is InChI=1S/C46H77NO17/c1-13-30-28(21-58-44-41(57-12)40(56-11)36(52)24(4)60-44)16-22(2)14-15-31(49)45(7)19-27(17-32(45)50)38(23(3)29(48)18-33(51)62-30)64-43-37(53)35(47(9)10)39(25(5)61-43)63-34-20-46(8,55)42(54)26(6)59-34/h14-16,23-30,32,34-44,48,50,52-55H,13,17-21H2,1-12H3/b15-14+,22-16-/t23-,24+,25+,26-,27-,28?,29+,30+,32?,34-,35+,36+,37+,38?,39+,40+,41+,42-,43-,44+,45-,46+/m0/s1. The van der Waals surface area contributed by atoms with Gasteiger partial charge < -0.3 is 78.2 Å². The molecule has 22 atom stereocenters. The number of allylic oxidation sites excluding steroid dienone is 3. The molecule has 368 valence electrons. The summed E-state index contributed by atoms with van der Waals surface area (Å²) in [6.07, 6.45) is -9.81. The topological polar surface area (TPSA) is 242 Å². The Morgan fingerprint density at radius 3 is 2.08 bits per heavy atom. The molecule has 64 heavy (non-hydrogen) atoms. The Bertz CT molecular complexity index is 1610. The number of hydrogen-bond donors (Lipinski definition) is 6. The van der Waals surface area contributed by atoms with E-state index >= 15 is 0 Å². The van der Waals surface area contributed by atoms with Crippen molar-refractivity contribution in [1.82, 2.24) is 4.90 Å². The minimum Gasteiger partial charge on any atom is -0.462 e. The van der Waals surface area contributed by atoms with Crippen LogP contribution in [0.1, 0.15) is 87.5 Å². The first-order chi connectivity index (χ1) is 30.0. The zero-order chi connectivity index (χ0) is 47.6. The van der Waals surface area contributed by atoms with E-state index in [1.165, 1.54) is 27.2 Å². The highest BCUT2D eigenvalue weighted by Gasteiger charge is 2.55. The third kappa shape index (κ3) is 11.6. The van der Waals surface area contributed by atoms with Gasteiger partial charge in [-0.3, -0.25) is 9.59 Å². The lowest BCUT2D eigenvalue weighted by Crippen LogP contribution is -2.65. The van der Waals surface area contributed by atoms with Gasteiger partial charge in [0.25, 0.3) is 0 Å². The summed E-state index contributed by atoms with van der Waals surface area (Å²) < 4.78 is 54.8. The second-order valence-corrected chi connectivity index (χ2v) is 19.5. The lowest BCUT2D eigenvalue weighted by atomic mass is 9.79. The largest absolute Gasteiger partial charge is 0.462 e. The molecule has 1 saturated carbocycles. The molecule has 18 heteroatoms. The first-order valence-electron chi connectivity index (χ1n) is 22.8. The summed E-state index contributed by atoms with van der Waals surface area (Å²) in [5.74, 6) is -2.85. The van der Waals surface area contributed by atoms with Crippen LogP contribution >= 0.6 is 0 Å². The van der Waals surface area contributed by atoms with Crippen molar-refractivity contribution in [3.63, 3.8) is 0 Å². The number of ketones is 1. The zero-order valence-corrected chi connectivity index (χ0v) is 39.6. The molecular formula is C46H77NO17. The van der Waals surface area contributed by atoms with Crippen molar-refractivity contribution in [3.8, 4) is 0 Å². The third-order valence-electron chi connectivity index (χ3n) is 14.4. The highest BCUT2D eigenvalue weighted by Crippen LogP contribution is 2.47. The molecule has 4 fully saturated rings. The van der Waals surface area contributed by atoms with Crippen LogP contribution in [0, 0.1) is 23.2 Å². The van der Waals surface area contributed by atoms with E-state index in [2.05, 4.69) is 0 Å². The normalized spacial score (nSPS) is 49.0. The van der Waals surface area contributed by atoms with Gasteiger partial charge in [-0.1, -0.05) is 31.6 Å². The number of ether oxygens (including phenoxy) is 9. The van der Waals surface area contributed by atoms with Gasteiger partial charge in [-0.2, -0.15) is 0 Å². The number of fused-ring (bicyclic) bond motifs is 2. The summed E-state index contributed by atoms with van der Waals surface area (Å²) in [6.45, 7) is 13.7. The number of aliphatic hydroxyl groups is 6. The predicted molar refractivity (Wildman–Crippen MR) is 229 cm³/mol. The number of cyclic esters (lactones) is 1. The maximum absolute atomic E-state index is 14.1. The SMILES string of the molecule is CC[C@H]1OC(=O)C[C@@H](O)[C@H](C)C(O[C@@H]2O[C@H](C)[C@@H](O[C@H]3C[C@@](C)(O)[C@@H](O)[C@H](C)O3)[C@H](N(C)C)[C@H]2O)[C@H]2CC(O)[C@@](C)(C2)C(=O)/C=C/C(C)=C\C1CO[C@@H]1O[C@H](C)[C@@H](O)[C@@H](OC)[C@H]1OC. The predicted octanol–water partition coefficient (Wildman–Crippen LogP) is 1.38. The van der Waals surface area contributed by atoms with Crippen molar-refractivity contribution in [3.05, 3.63) is 23.8 Å². The van der Waals surface area contributed by atoms with Gasteiger partial charge in [0.2, 0.25) is 0 Å². The quantitative estimate of drug-likeness (QED) is 0.161. The second kappa shape index (κ2) is 22.0. The maximum atomic E-state index is 14.1. The Kier molecular flexibility index (Phi) is 18.2. The molecular weight excluding hydrogens is 838 g/mol. The van der Waals surface area contributed by atoms with Crippen LogP contribution in [0.5, 0.6) is 0 Å². The van der Waals surface area contributed by atoms with Crippen LogP contribution in [-0.4, -0.2) is 192 Å². The number of esters is 1. The van der Waals surface area contributed by atoms with Gasteiger partial charge in [0.1, 0.15) is 42.7 Å². The molecule has 3 saturated heterocycles. The first kappa shape index (κ1) is 53.0. The van der Waals surface area contributed by atoms with E-state index in [-0.39, 0.29) is 31.7 Å². The molecule has 0 aromatic rings. The number of methoxy groups -OCH3 is 2. The molecule has 0 aromatic carbocycles. The van der Waals surface area contributed by atoms with Gasteiger partial charge in [0, 0.05) is 32.5 Å². The second-order valence-electron chi connectivity index (χ2n) is 19.5. The van der Waals surface area contributed by atoms with Crippen LogP contribution in [-0.2, 0) is 52.2 Å². The van der Waals surface area contributed by atoms with Crippen LogP contribution in [0.3, 0.4) is 0 Å². The van der Waals surface area contributed by atoms with Gasteiger partial charge >= 0.3 is 5.97 Å². The minimum absolute atomic E-state index is 0.0135. The number of carbonyl (C=O) groups excluding carboxylic acids is 2. The molecule has 0 radical (unpaired) electrons. The number of hydrogen-bond acceptors (Lipinski definition) is 18. The summed E-state index contributed by atoms with van der Waals surface area (Å²) in [7, 11) is 6.47. The molecule has 0 aromatic heterocycles. The van der Waals surface area contributed by atoms with Crippen molar-refractivity contribution >= 4 is 11.8 Å². The van der Waals surface area contributed by atoms with Gasteiger partial charge in [-0.05, 0) is 86.9 Å². The molecule has 3 unspecified atom stereocenters. The lowest BCUT2D eigenvalue weighted by Gasteiger charge is -2.50. The van der Waals surface area contributed by atoms with E-state index in [0.717, 1.165) is 0 Å². The van der Waals surface area contributed by atoms with E-state index in [0.29, 0.717) is 12.0 Å². The van der Waals surface area contributed by atoms with Crippen molar-refractivity contribution in [2.24, 2.45) is 23.2 Å². The summed E-state index contributed by atoms with van der Waals surface area (Å²) in [6, 6.07) is -0.724. The number of likely N-dealkylation sites (N-methyl/N-ethyl adjacent to an activating group) is 1. The Balaban J connectivity index is 1.40. The minimum atomic E-state index is -1.48. The van der Waals surface area contributed by atoms with Crippen molar-refractivity contribution < 1.29 is 82.9 Å². The Labute approximate surface area is 378 Å². The average Bonchev–Trinajstić information content (AvgIpc) is 3.54. The molecule has 0 spiro atoms. The van der Waals surface area contributed by atoms with Crippen LogP contribution in [0.2, 0.25) is 0 Å². The van der Waals surface area contributed by atoms with E-state index in [1.54, 1.807) is 66.6 Å². The highest BCUT2D eigenvalue weighted by atomic mass is 16.7. The molecule has 1 aliphatic carbocycles. The van der Waals surface area contributed by atoms with Crippen molar-refractivity contribution in [2.45, 2.75) is 197 Å². The van der Waals surface area contributed by atoms with Crippen LogP contribution in [0.4, 0.5) is 0 Å². The Morgan fingerprint density at radius 1 is 0.812 bits per heavy atom. The van der Waals surface area contributed by atoms with Gasteiger partial charge in [-0.25, -0.2) is 0 Å². The molecule has 6 N–H and O–H groups in total. The van der Waals surface area contributed by atoms with Crippen LogP contribution in [0.25, 0.3) is 0 Å². The van der Waals surface area contributed by atoms with E-state index in [9.17, 15) is 40.2 Å². The monoisotopic (exact) mass is 916 g/mol. The van der Waals surface area contributed by atoms with E-state index < -0.39 is 145 Å². The van der Waals surface area contributed by atoms with E-state index in [4.69, 9.17) is 42.6 Å². The Morgan fingerprint density at radius 2 is 1.47 bits per heavy atom. The molecule has 4 heterocycles. The number of aliphatic hydroxyl groups excluding tert-OH is 5. The molecule has 18 nitrogen and oxygen atoms in total. The fourth-order valence-corrected chi connectivity index (χ4v) is 10.3. The zero-order valence-electron chi connectivity index (χ0n) is 39.6. The number of carbonyl (C=O) groups is 2. The molecule has 0 amide bonds. The summed E-state index contributed by atoms with van der Waals surface area (Å²) in [4.78, 5) is 29.7. The van der Waals surface area contributed by atoms with Crippen molar-refractivity contribution in [1.29, 1.82) is 0 Å². The molecule has 2 bridgehead atoms. The average molecular weight is 916 g/mol. The summed E-state index contributed by atoms with van der Waals surface area (Å²) >= 11 is 0. The molecule has 5 aliphatic rings. The van der Waals surface area contributed by atoms with Crippen LogP contribution < -0.4 is 0 Å². The fourth-order valence-electron chi connectivity index (χ4n) is 10.3. The number of nitrogens with zero attached hydrogens (tertiary/aromatic N) is 1. The third-order valence-corrected chi connectivity index (χ3v) is 14.4. The van der Waals surface area contributed by atoms with Crippen LogP contribution in [0.15, 0.2) is 23.8 Å². The molecule has 4 aliphatic heterocycles. The smallest absolute Gasteiger partial charge is 0.308 e. The van der Waals surface area contributed by atoms with Crippen molar-refractivity contribution in [2.75, 3.05) is 34.9 Å². The first-order valence-corrected chi connectivity index (χ1v) is 22.8. The number of rotatable bonds is 11. The fraction of sp³-hybridized carbons (Fsp3) is 0.870. The summed E-state index contributed by atoms with van der Waals surface area (Å²) in [5.41, 5.74) is -2.05. The Hall–Kier alpha value is -1.98. The lowest BCUT2D eigenvalue weighted by molar-refractivity contribution is -0.341. The molecule has 5 rings (SSSR count). The highest BCUT2D eigenvalue weighted by molar-refractivity contribution is 5.95.